The van der Waals surface area contributed by atoms with Gasteiger partial charge in [-0.05, 0) is 44.0 Å². The van der Waals surface area contributed by atoms with Crippen LogP contribution in [0.25, 0.3) is 5.78 Å². The van der Waals surface area contributed by atoms with Crippen molar-refractivity contribution in [1.29, 1.82) is 0 Å². The topological polar surface area (TPSA) is 104 Å². The van der Waals surface area contributed by atoms with Crippen LogP contribution >= 0.6 is 0 Å². The van der Waals surface area contributed by atoms with Crippen molar-refractivity contribution in [1.82, 2.24) is 19.6 Å². The van der Waals surface area contributed by atoms with Gasteiger partial charge in [-0.2, -0.15) is 22.7 Å². The summed E-state index contributed by atoms with van der Waals surface area (Å²) in [6.07, 6.45) is -4.55. The van der Waals surface area contributed by atoms with E-state index in [1.54, 1.807) is 6.92 Å². The van der Waals surface area contributed by atoms with Crippen molar-refractivity contribution >= 4 is 23.3 Å². The maximum atomic E-state index is 13.0. The fourth-order valence-electron chi connectivity index (χ4n) is 3.55. The monoisotopic (exact) mass is 484 g/mol. The van der Waals surface area contributed by atoms with Gasteiger partial charge in [0.1, 0.15) is 0 Å². The Morgan fingerprint density at radius 3 is 2.54 bits per heavy atom. The molecule has 0 spiro atoms. The maximum Gasteiger partial charge on any atom is 0.416 e. The van der Waals surface area contributed by atoms with Crippen LogP contribution in [0.2, 0.25) is 0 Å². The second-order valence-corrected chi connectivity index (χ2v) is 8.15. The van der Waals surface area contributed by atoms with Gasteiger partial charge in [0, 0.05) is 24.2 Å². The van der Waals surface area contributed by atoms with E-state index in [2.05, 4.69) is 25.7 Å². The third-order valence-corrected chi connectivity index (χ3v) is 5.45. The highest BCUT2D eigenvalue weighted by Gasteiger charge is 2.30. The molecule has 3 N–H and O–H groups in total. The van der Waals surface area contributed by atoms with Crippen LogP contribution in [0.3, 0.4) is 0 Å². The Morgan fingerprint density at radius 1 is 1.09 bits per heavy atom. The smallest absolute Gasteiger partial charge is 0.351 e. The molecule has 0 saturated carbocycles. The molecule has 0 aliphatic rings. The average Bonchev–Trinajstić information content (AvgIpc) is 3.21. The molecule has 0 bridgehead atoms. The molecule has 4 aromatic rings. The number of nitrogens with one attached hydrogen (secondary N) is 3. The molecule has 4 rings (SSSR count). The molecule has 35 heavy (non-hydrogen) atoms. The zero-order valence-corrected chi connectivity index (χ0v) is 19.0. The number of anilines is 2. The predicted molar refractivity (Wildman–Crippen MR) is 125 cm³/mol. The van der Waals surface area contributed by atoms with Gasteiger partial charge >= 0.3 is 6.18 Å². The van der Waals surface area contributed by atoms with Gasteiger partial charge in [0.25, 0.3) is 11.3 Å². The number of benzene rings is 2. The number of aryl methyl sites for hydroxylation is 2. The molecule has 0 radical (unpaired) electrons. The van der Waals surface area contributed by atoms with Gasteiger partial charge in [0.05, 0.1) is 11.3 Å². The number of hydrogen-bond donors (Lipinski definition) is 3. The van der Waals surface area contributed by atoms with Crippen LogP contribution in [0, 0.1) is 13.8 Å². The van der Waals surface area contributed by atoms with Gasteiger partial charge in [0.2, 0.25) is 11.9 Å². The number of amides is 1. The molecule has 0 unspecified atom stereocenters. The lowest BCUT2D eigenvalue weighted by molar-refractivity contribution is -0.137. The lowest BCUT2D eigenvalue weighted by atomic mass is 10.1. The minimum Gasteiger partial charge on any atom is -0.351 e. The third kappa shape index (κ3) is 5.68. The van der Waals surface area contributed by atoms with E-state index in [4.69, 9.17) is 0 Å². The average molecular weight is 484 g/mol. The Balaban J connectivity index is 1.44. The number of carbonyl (C=O) groups excluding carboxylic acids is 1. The first kappa shape index (κ1) is 24.0. The number of fused-ring (bicyclic) bond motifs is 1. The second kappa shape index (κ2) is 9.61. The SMILES string of the molecule is Cc1ccc(CNc2nc3nc(C)c(CCC(=O)Nc4cccc(C(F)(F)F)c4)c(=O)n3[nH]2)cc1. The first-order valence-electron chi connectivity index (χ1n) is 10.8. The Hall–Kier alpha value is -4.15. The molecule has 182 valence electrons. The van der Waals surface area contributed by atoms with E-state index in [1.807, 2.05) is 31.2 Å². The van der Waals surface area contributed by atoms with Gasteiger partial charge in [0.15, 0.2) is 0 Å². The van der Waals surface area contributed by atoms with Crippen LogP contribution in [0.15, 0.2) is 53.3 Å². The summed E-state index contributed by atoms with van der Waals surface area (Å²) in [4.78, 5) is 33.9. The lowest BCUT2D eigenvalue weighted by Crippen LogP contribution is -2.23. The molecule has 2 aromatic heterocycles. The molecule has 8 nitrogen and oxygen atoms in total. The largest absolute Gasteiger partial charge is 0.416 e. The van der Waals surface area contributed by atoms with Gasteiger partial charge in [-0.15, -0.1) is 0 Å². The summed E-state index contributed by atoms with van der Waals surface area (Å²) in [6, 6.07) is 12.4. The molecule has 2 aromatic carbocycles. The summed E-state index contributed by atoms with van der Waals surface area (Å²) in [5.74, 6) is 0.0448. The molecular weight excluding hydrogens is 461 g/mol. The maximum absolute atomic E-state index is 13.0. The second-order valence-electron chi connectivity index (χ2n) is 8.15. The number of H-pyrrole nitrogens is 1. The van der Waals surface area contributed by atoms with Crippen LogP contribution in [0.5, 0.6) is 0 Å². The van der Waals surface area contributed by atoms with E-state index in [0.717, 1.165) is 23.3 Å². The van der Waals surface area contributed by atoms with E-state index in [0.29, 0.717) is 23.8 Å². The summed E-state index contributed by atoms with van der Waals surface area (Å²) in [5.41, 5.74) is 1.72. The van der Waals surface area contributed by atoms with Crippen molar-refractivity contribution in [2.75, 3.05) is 10.6 Å². The van der Waals surface area contributed by atoms with E-state index in [9.17, 15) is 22.8 Å². The van der Waals surface area contributed by atoms with E-state index in [-0.39, 0.29) is 24.3 Å². The van der Waals surface area contributed by atoms with Gasteiger partial charge in [-0.1, -0.05) is 35.9 Å². The first-order valence-corrected chi connectivity index (χ1v) is 10.8. The number of halogens is 3. The number of carbonyl (C=O) groups is 1. The van der Waals surface area contributed by atoms with Crippen LogP contribution in [0.4, 0.5) is 24.8 Å². The Labute approximate surface area is 198 Å². The number of rotatable bonds is 7. The van der Waals surface area contributed by atoms with Crippen molar-refractivity contribution in [2.24, 2.45) is 0 Å². The van der Waals surface area contributed by atoms with Crippen LogP contribution in [-0.4, -0.2) is 25.5 Å². The molecule has 2 heterocycles. The Kier molecular flexibility index (Phi) is 6.59. The summed E-state index contributed by atoms with van der Waals surface area (Å²) in [5, 5.41) is 8.43. The number of aromatic nitrogens is 4. The van der Waals surface area contributed by atoms with Crippen molar-refractivity contribution in [3.63, 3.8) is 0 Å². The van der Waals surface area contributed by atoms with E-state index >= 15 is 0 Å². The Bertz CT molecular complexity index is 1420. The van der Waals surface area contributed by atoms with Crippen LogP contribution in [-0.2, 0) is 23.9 Å². The highest BCUT2D eigenvalue weighted by molar-refractivity contribution is 5.90. The molecule has 0 atom stereocenters. The van der Waals surface area contributed by atoms with E-state index in [1.165, 1.54) is 16.6 Å². The fourth-order valence-corrected chi connectivity index (χ4v) is 3.55. The molecule has 0 aliphatic heterocycles. The van der Waals surface area contributed by atoms with E-state index < -0.39 is 23.2 Å². The van der Waals surface area contributed by atoms with Crippen molar-refractivity contribution < 1.29 is 18.0 Å². The number of nitrogens with zero attached hydrogens (tertiary/aromatic N) is 3. The molecule has 0 saturated heterocycles. The van der Waals surface area contributed by atoms with Crippen LogP contribution in [0.1, 0.15) is 34.4 Å². The zero-order chi connectivity index (χ0) is 25.2. The summed E-state index contributed by atoms with van der Waals surface area (Å²) >= 11 is 0. The summed E-state index contributed by atoms with van der Waals surface area (Å²) in [6.45, 7) is 4.15. The van der Waals surface area contributed by atoms with Gasteiger partial charge in [-0.3, -0.25) is 14.7 Å². The summed E-state index contributed by atoms with van der Waals surface area (Å²) < 4.78 is 39.8. The predicted octanol–water partition coefficient (Wildman–Crippen LogP) is 4.24. The highest BCUT2D eigenvalue weighted by atomic mass is 19.4. The van der Waals surface area contributed by atoms with Crippen molar-refractivity contribution in [3.05, 3.63) is 86.8 Å². The molecule has 1 amide bonds. The third-order valence-electron chi connectivity index (χ3n) is 5.45. The minimum atomic E-state index is -4.51. The summed E-state index contributed by atoms with van der Waals surface area (Å²) in [7, 11) is 0. The standard InChI is InChI=1S/C24H23F3N6O2/c1-14-6-8-16(9-7-14)13-28-22-31-23-29-15(2)19(21(35)33(23)32-22)10-11-20(34)30-18-5-3-4-17(12-18)24(25,26)27/h3-9,12H,10-11,13H2,1-2H3,(H,30,34)(H2,28,29,31,32). The number of hydrogen-bond acceptors (Lipinski definition) is 5. The zero-order valence-electron chi connectivity index (χ0n) is 19.0. The fraction of sp³-hybridized carbons (Fsp3) is 0.250. The van der Waals surface area contributed by atoms with Gasteiger partial charge in [-0.25, -0.2) is 4.98 Å². The van der Waals surface area contributed by atoms with Crippen LogP contribution < -0.4 is 16.2 Å². The quantitative estimate of drug-likeness (QED) is 0.364. The number of alkyl halides is 3. The molecule has 11 heteroatoms. The molecular formula is C24H23F3N6O2. The van der Waals surface area contributed by atoms with Crippen molar-refractivity contribution in [3.8, 4) is 0 Å². The van der Waals surface area contributed by atoms with Crippen molar-refractivity contribution in [2.45, 2.75) is 39.4 Å². The molecule has 0 fully saturated rings. The van der Waals surface area contributed by atoms with Gasteiger partial charge < -0.3 is 10.6 Å². The Morgan fingerprint density at radius 2 is 1.83 bits per heavy atom. The minimum absolute atomic E-state index is 0.0321. The number of aromatic amines is 1. The lowest BCUT2D eigenvalue weighted by Gasteiger charge is -2.10. The highest BCUT2D eigenvalue weighted by Crippen LogP contribution is 2.30. The normalized spacial score (nSPS) is 11.6. The molecule has 0 aliphatic carbocycles. The first-order chi connectivity index (χ1) is 16.6.